The second-order valence-electron chi connectivity index (χ2n) is 4.32. The van der Waals surface area contributed by atoms with E-state index in [0.717, 1.165) is 11.1 Å². The summed E-state index contributed by atoms with van der Waals surface area (Å²) >= 11 is 6.11. The van der Waals surface area contributed by atoms with Gasteiger partial charge < -0.3 is 5.32 Å². The predicted molar refractivity (Wildman–Crippen MR) is 81.5 cm³/mol. The van der Waals surface area contributed by atoms with Crippen LogP contribution in [0.1, 0.15) is 22.1 Å². The van der Waals surface area contributed by atoms with Gasteiger partial charge in [0.25, 0.3) is 0 Å². The minimum absolute atomic E-state index is 0.141. The summed E-state index contributed by atoms with van der Waals surface area (Å²) < 4.78 is 24.0. The zero-order chi connectivity index (χ0) is 15.7. The smallest absolute Gasteiger partial charge is 0.0744 e. The van der Waals surface area contributed by atoms with E-state index in [1.165, 1.54) is 0 Å². The van der Waals surface area contributed by atoms with Gasteiger partial charge in [-0.15, -0.1) is 0 Å². The Hall–Kier alpha value is -1.80. The average molecular weight is 274 g/mol. The number of hydrogen-bond donors (Lipinski definition) is 1. The van der Waals surface area contributed by atoms with Crippen LogP contribution in [0, 0.1) is 0 Å². The minimum atomic E-state index is -1.79. The fourth-order valence-corrected chi connectivity index (χ4v) is 2.24. The Morgan fingerprint density at radius 3 is 2.95 bits per heavy atom. The van der Waals surface area contributed by atoms with Crippen LogP contribution in [0.2, 0.25) is 5.02 Å². The molecule has 1 aliphatic heterocycles. The molecule has 0 saturated heterocycles. The molecule has 0 aliphatic carbocycles. The number of anilines is 1. The highest BCUT2D eigenvalue weighted by atomic mass is 35.5. The maximum atomic E-state index is 8.16. The van der Waals surface area contributed by atoms with Gasteiger partial charge in [0.1, 0.15) is 0 Å². The molecule has 2 nitrogen and oxygen atoms in total. The summed E-state index contributed by atoms with van der Waals surface area (Å²) in [5.41, 5.74) is 2.92. The van der Waals surface area contributed by atoms with Gasteiger partial charge in [-0.25, -0.2) is 0 Å². The van der Waals surface area contributed by atoms with Crippen molar-refractivity contribution in [1.82, 2.24) is 0 Å². The number of aliphatic imine (C=N–C) groups is 1. The molecule has 1 atom stereocenters. The first-order valence-corrected chi connectivity index (χ1v) is 6.39. The number of nitrogens with one attached hydrogen (secondary N) is 1. The molecule has 0 amide bonds. The first kappa shape index (κ1) is 9.16. The van der Waals surface area contributed by atoms with Gasteiger partial charge in [-0.1, -0.05) is 41.9 Å². The second kappa shape index (κ2) is 5.06. The van der Waals surface area contributed by atoms with E-state index >= 15 is 0 Å². The summed E-state index contributed by atoms with van der Waals surface area (Å²) in [6.45, 7) is -1.93. The highest BCUT2D eigenvalue weighted by Gasteiger charge is 2.17. The van der Waals surface area contributed by atoms with E-state index in [2.05, 4.69) is 10.3 Å². The van der Waals surface area contributed by atoms with Gasteiger partial charge in [0.15, 0.2) is 0 Å². The van der Waals surface area contributed by atoms with Gasteiger partial charge in [0.05, 0.1) is 14.5 Å². The average Bonchev–Trinajstić information content (AvgIpc) is 2.61. The molecular formula is C16H15ClN2. The lowest BCUT2D eigenvalue weighted by Gasteiger charge is -2.10. The molecule has 19 heavy (non-hydrogen) atoms. The Morgan fingerprint density at radius 2 is 2.16 bits per heavy atom. The van der Waals surface area contributed by atoms with Crippen molar-refractivity contribution < 1.29 is 4.11 Å². The van der Waals surface area contributed by atoms with E-state index < -0.39 is 12.5 Å². The van der Waals surface area contributed by atoms with Gasteiger partial charge in [0.2, 0.25) is 0 Å². The van der Waals surface area contributed by atoms with Crippen LogP contribution in [-0.2, 0) is 0 Å². The molecule has 96 valence electrons. The molecular weight excluding hydrogens is 256 g/mol. The molecule has 3 heteroatoms. The van der Waals surface area contributed by atoms with Crippen LogP contribution in [0.5, 0.6) is 0 Å². The molecule has 0 bridgehead atoms. The Labute approximate surface area is 122 Å². The van der Waals surface area contributed by atoms with Crippen molar-refractivity contribution in [1.29, 1.82) is 0 Å². The summed E-state index contributed by atoms with van der Waals surface area (Å²) in [4.78, 5) is 4.53. The van der Waals surface area contributed by atoms with Crippen molar-refractivity contribution >= 4 is 23.0 Å². The lowest BCUT2D eigenvalue weighted by Crippen LogP contribution is -2.12. The van der Waals surface area contributed by atoms with Crippen LogP contribution in [0.3, 0.4) is 0 Å². The lowest BCUT2D eigenvalue weighted by molar-refractivity contribution is 0.788. The summed E-state index contributed by atoms with van der Waals surface area (Å²) in [7, 11) is 0. The van der Waals surface area contributed by atoms with E-state index in [-0.39, 0.29) is 6.90 Å². The Kier molecular flexibility index (Phi) is 2.44. The highest BCUT2D eigenvalue weighted by Crippen LogP contribution is 2.26. The minimum Gasteiger partial charge on any atom is -0.382 e. The molecule has 2 aromatic rings. The zero-order valence-electron chi connectivity index (χ0n) is 13.2. The van der Waals surface area contributed by atoms with E-state index in [0.29, 0.717) is 16.4 Å². The van der Waals surface area contributed by atoms with Crippen LogP contribution < -0.4 is 5.32 Å². The third kappa shape index (κ3) is 2.49. The van der Waals surface area contributed by atoms with Crippen molar-refractivity contribution in [2.45, 2.75) is 12.9 Å². The molecule has 1 N–H and O–H groups in total. The molecule has 0 fully saturated rings. The number of halogens is 1. The summed E-state index contributed by atoms with van der Waals surface area (Å²) in [6, 6.07) is 14.0. The van der Waals surface area contributed by atoms with E-state index in [4.69, 9.17) is 15.7 Å². The van der Waals surface area contributed by atoms with Crippen LogP contribution in [0.25, 0.3) is 0 Å². The number of benzodiazepines with no additional fused rings is 1. The molecule has 0 saturated carbocycles. The summed E-state index contributed by atoms with van der Waals surface area (Å²) in [5, 5.41) is 3.43. The fraction of sp³-hybridized carbons (Fsp3) is 0.188. The van der Waals surface area contributed by atoms with Crippen molar-refractivity contribution in [2.75, 3.05) is 11.8 Å². The number of hydrogen-bond acceptors (Lipinski definition) is 2. The predicted octanol–water partition coefficient (Wildman–Crippen LogP) is 3.99. The maximum Gasteiger partial charge on any atom is 0.0744 e. The molecule has 1 aliphatic rings. The quantitative estimate of drug-likeness (QED) is 0.835. The van der Waals surface area contributed by atoms with E-state index in [1.807, 2.05) is 30.3 Å². The van der Waals surface area contributed by atoms with Crippen LogP contribution in [0.15, 0.2) is 53.5 Å². The molecule has 3 rings (SSSR count). The van der Waals surface area contributed by atoms with E-state index in [1.54, 1.807) is 18.2 Å². The Morgan fingerprint density at radius 1 is 1.32 bits per heavy atom. The largest absolute Gasteiger partial charge is 0.382 e. The molecule has 0 spiro atoms. The van der Waals surface area contributed by atoms with Crippen molar-refractivity contribution in [3.05, 3.63) is 64.7 Å². The van der Waals surface area contributed by atoms with Gasteiger partial charge in [-0.05, 0) is 25.1 Å². The Bertz CT molecular complexity index is 717. The topological polar surface area (TPSA) is 24.4 Å². The molecule has 0 aromatic heterocycles. The van der Waals surface area contributed by atoms with Gasteiger partial charge in [0, 0.05) is 29.7 Å². The zero-order valence-corrected chi connectivity index (χ0v) is 11.0. The van der Waals surface area contributed by atoms with Crippen LogP contribution in [0.4, 0.5) is 5.69 Å². The second-order valence-corrected chi connectivity index (χ2v) is 4.76. The molecule has 1 unspecified atom stereocenters. The number of nitrogens with zero attached hydrogens (tertiary/aromatic N) is 1. The number of rotatable bonds is 1. The van der Waals surface area contributed by atoms with Gasteiger partial charge >= 0.3 is 0 Å². The van der Waals surface area contributed by atoms with Crippen molar-refractivity contribution in [2.24, 2.45) is 4.99 Å². The Balaban J connectivity index is 2.24. The normalized spacial score (nSPS) is 22.9. The van der Waals surface area contributed by atoms with Crippen LogP contribution in [-0.4, -0.2) is 18.3 Å². The highest BCUT2D eigenvalue weighted by molar-refractivity contribution is 6.31. The third-order valence-electron chi connectivity index (χ3n) is 2.94. The number of benzene rings is 2. The number of fused-ring (bicyclic) bond motifs is 1. The monoisotopic (exact) mass is 273 g/mol. The standard InChI is InChI=1S/C16H15ClN2/c1-11-10-18-15-8-7-13(17)9-14(15)16(19-11)12-5-3-2-4-6-12/h2-9,11,18H,10H2,1H3/i1D,10D2. The summed E-state index contributed by atoms with van der Waals surface area (Å²) in [5.74, 6) is 0. The van der Waals surface area contributed by atoms with Gasteiger partial charge in [-0.3, -0.25) is 4.99 Å². The lowest BCUT2D eigenvalue weighted by atomic mass is 10.0. The first-order valence-electron chi connectivity index (χ1n) is 7.72. The molecule has 1 heterocycles. The van der Waals surface area contributed by atoms with Gasteiger partial charge in [-0.2, -0.15) is 0 Å². The van der Waals surface area contributed by atoms with E-state index in [9.17, 15) is 0 Å². The van der Waals surface area contributed by atoms with Crippen molar-refractivity contribution in [3.8, 4) is 0 Å². The SMILES string of the molecule is [2H]CC1N=C(c2ccccc2)c2cc(Cl)ccc2NC1([2H])[2H]. The third-order valence-corrected chi connectivity index (χ3v) is 3.18. The molecule has 2 aromatic carbocycles. The maximum absolute atomic E-state index is 8.16. The first-order chi connectivity index (χ1) is 10.5. The fourth-order valence-electron chi connectivity index (χ4n) is 2.07. The molecule has 0 radical (unpaired) electrons. The summed E-state index contributed by atoms with van der Waals surface area (Å²) in [6.07, 6.45) is 0. The van der Waals surface area contributed by atoms with Crippen LogP contribution >= 0.6 is 11.6 Å². The van der Waals surface area contributed by atoms with Crippen molar-refractivity contribution in [3.63, 3.8) is 0 Å².